The van der Waals surface area contributed by atoms with Crippen LogP contribution < -0.4 is 5.32 Å². The lowest BCUT2D eigenvalue weighted by molar-refractivity contribution is -0.116. The third-order valence-electron chi connectivity index (χ3n) is 2.46. The van der Waals surface area contributed by atoms with Gasteiger partial charge in [0.05, 0.1) is 11.1 Å². The summed E-state index contributed by atoms with van der Waals surface area (Å²) in [6.07, 6.45) is 0.723. The maximum Gasteiger partial charge on any atom is 0.335 e. The number of aromatic carboxylic acids is 2. The monoisotopic (exact) mass is 281 g/mol. The number of ether oxygens (including phenoxy) is 1. The van der Waals surface area contributed by atoms with Crippen molar-refractivity contribution in [2.24, 2.45) is 0 Å². The van der Waals surface area contributed by atoms with Gasteiger partial charge < -0.3 is 20.3 Å². The molecule has 1 aromatic carbocycles. The quantitative estimate of drug-likeness (QED) is 0.652. The topological polar surface area (TPSA) is 113 Å². The number of methoxy groups -OCH3 is 1. The summed E-state index contributed by atoms with van der Waals surface area (Å²) in [5.74, 6) is -2.85. The number of hydrogen-bond acceptors (Lipinski definition) is 4. The second-order valence-corrected chi connectivity index (χ2v) is 4.05. The maximum absolute atomic E-state index is 11.6. The number of carboxylic acid groups (broad SMARTS) is 2. The van der Waals surface area contributed by atoms with Crippen LogP contribution in [0.25, 0.3) is 0 Å². The molecule has 0 bridgehead atoms. The fraction of sp³-hybridized carbons (Fsp3) is 0.308. The van der Waals surface area contributed by atoms with Crippen molar-refractivity contribution in [3.8, 4) is 0 Å². The number of carbonyl (C=O) groups excluding carboxylic acids is 1. The smallest absolute Gasteiger partial charge is 0.335 e. The molecule has 0 spiro atoms. The lowest BCUT2D eigenvalue weighted by atomic mass is 10.1. The van der Waals surface area contributed by atoms with Crippen LogP contribution in [0.2, 0.25) is 0 Å². The van der Waals surface area contributed by atoms with E-state index < -0.39 is 11.9 Å². The van der Waals surface area contributed by atoms with Crippen molar-refractivity contribution >= 4 is 23.5 Å². The standard InChI is InChI=1S/C13H15NO6/c1-20-4-2-3-11(15)14-10-6-8(12(16)17)5-9(7-10)13(18)19/h5-7H,2-4H2,1H3,(H,14,15)(H,16,17)(H,18,19). The van der Waals surface area contributed by atoms with E-state index in [-0.39, 0.29) is 29.1 Å². The number of benzene rings is 1. The fourth-order valence-electron chi connectivity index (χ4n) is 1.55. The largest absolute Gasteiger partial charge is 0.478 e. The highest BCUT2D eigenvalue weighted by atomic mass is 16.5. The van der Waals surface area contributed by atoms with Crippen molar-refractivity contribution in [3.05, 3.63) is 29.3 Å². The van der Waals surface area contributed by atoms with Gasteiger partial charge in [-0.25, -0.2) is 9.59 Å². The Morgan fingerprint density at radius 2 is 1.65 bits per heavy atom. The highest BCUT2D eigenvalue weighted by molar-refractivity contribution is 5.98. The van der Waals surface area contributed by atoms with E-state index in [9.17, 15) is 14.4 Å². The summed E-state index contributed by atoms with van der Waals surface area (Å²) in [5, 5.41) is 20.3. The summed E-state index contributed by atoms with van der Waals surface area (Å²) >= 11 is 0. The number of hydrogen-bond donors (Lipinski definition) is 3. The molecule has 0 aliphatic rings. The van der Waals surface area contributed by atoms with Gasteiger partial charge in [-0.3, -0.25) is 4.79 Å². The molecule has 0 saturated carbocycles. The molecule has 7 nitrogen and oxygen atoms in total. The summed E-state index contributed by atoms with van der Waals surface area (Å²) in [5.41, 5.74) is -0.251. The Balaban J connectivity index is 2.86. The third-order valence-corrected chi connectivity index (χ3v) is 2.46. The molecular weight excluding hydrogens is 266 g/mol. The molecule has 7 heteroatoms. The van der Waals surface area contributed by atoms with Gasteiger partial charge in [0.1, 0.15) is 0 Å². The molecule has 108 valence electrons. The van der Waals surface area contributed by atoms with Crippen LogP contribution in [0.4, 0.5) is 5.69 Å². The van der Waals surface area contributed by atoms with Crippen molar-refractivity contribution in [1.29, 1.82) is 0 Å². The van der Waals surface area contributed by atoms with Crippen LogP contribution in [0.15, 0.2) is 18.2 Å². The molecule has 1 rings (SSSR count). The zero-order valence-electron chi connectivity index (χ0n) is 10.9. The van der Waals surface area contributed by atoms with E-state index in [0.29, 0.717) is 13.0 Å². The summed E-state index contributed by atoms with van der Waals surface area (Å²) in [6, 6.07) is 3.46. The van der Waals surface area contributed by atoms with Gasteiger partial charge in [0.15, 0.2) is 0 Å². The fourth-order valence-corrected chi connectivity index (χ4v) is 1.55. The van der Waals surface area contributed by atoms with Crippen molar-refractivity contribution in [2.75, 3.05) is 19.0 Å². The minimum Gasteiger partial charge on any atom is -0.478 e. The SMILES string of the molecule is COCCCC(=O)Nc1cc(C(=O)O)cc(C(=O)O)c1. The van der Waals surface area contributed by atoms with E-state index in [0.717, 1.165) is 6.07 Å². The van der Waals surface area contributed by atoms with Crippen molar-refractivity contribution in [1.82, 2.24) is 0 Å². The number of amides is 1. The number of carbonyl (C=O) groups is 3. The van der Waals surface area contributed by atoms with E-state index in [1.807, 2.05) is 0 Å². The minimum atomic E-state index is -1.26. The Morgan fingerprint density at radius 1 is 1.10 bits per heavy atom. The molecular formula is C13H15NO6. The van der Waals surface area contributed by atoms with Gasteiger partial charge in [-0.2, -0.15) is 0 Å². The van der Waals surface area contributed by atoms with Crippen molar-refractivity contribution < 1.29 is 29.3 Å². The van der Waals surface area contributed by atoms with Crippen LogP contribution in [0.3, 0.4) is 0 Å². The summed E-state index contributed by atoms with van der Waals surface area (Å²) in [7, 11) is 1.52. The first-order valence-electron chi connectivity index (χ1n) is 5.84. The molecule has 3 N–H and O–H groups in total. The van der Waals surface area contributed by atoms with Gasteiger partial charge in [-0.15, -0.1) is 0 Å². The van der Waals surface area contributed by atoms with Gasteiger partial charge in [0.25, 0.3) is 0 Å². The molecule has 0 fully saturated rings. The van der Waals surface area contributed by atoms with Crippen LogP contribution in [0, 0.1) is 0 Å². The number of carboxylic acids is 2. The van der Waals surface area contributed by atoms with Crippen LogP contribution in [0.1, 0.15) is 33.6 Å². The Kier molecular flexibility index (Phi) is 5.67. The highest BCUT2D eigenvalue weighted by Gasteiger charge is 2.12. The molecule has 0 aromatic heterocycles. The van der Waals surface area contributed by atoms with Crippen LogP contribution >= 0.6 is 0 Å². The Hall–Kier alpha value is -2.41. The summed E-state index contributed by atoms with van der Waals surface area (Å²) < 4.78 is 4.81. The van der Waals surface area contributed by atoms with E-state index in [1.54, 1.807) is 0 Å². The molecule has 0 aliphatic heterocycles. The van der Waals surface area contributed by atoms with E-state index in [4.69, 9.17) is 14.9 Å². The Morgan fingerprint density at radius 3 is 2.10 bits per heavy atom. The zero-order valence-corrected chi connectivity index (χ0v) is 10.9. The van der Waals surface area contributed by atoms with Crippen molar-refractivity contribution in [3.63, 3.8) is 0 Å². The predicted molar refractivity (Wildman–Crippen MR) is 70.1 cm³/mol. The highest BCUT2D eigenvalue weighted by Crippen LogP contribution is 2.16. The molecule has 1 amide bonds. The summed E-state index contributed by atoms with van der Waals surface area (Å²) in [6.45, 7) is 0.433. The molecule has 1 aromatic rings. The molecule has 0 radical (unpaired) electrons. The predicted octanol–water partition coefficient (Wildman–Crippen LogP) is 1.45. The lowest BCUT2D eigenvalue weighted by Gasteiger charge is -2.07. The van der Waals surface area contributed by atoms with Crippen molar-refractivity contribution in [2.45, 2.75) is 12.8 Å². The minimum absolute atomic E-state index is 0.143. The van der Waals surface area contributed by atoms with Gasteiger partial charge in [-0.1, -0.05) is 0 Å². The van der Waals surface area contributed by atoms with Crippen LogP contribution in [-0.4, -0.2) is 41.8 Å². The maximum atomic E-state index is 11.6. The van der Waals surface area contributed by atoms with Crippen LogP contribution in [-0.2, 0) is 9.53 Å². The molecule has 0 saturated heterocycles. The molecule has 0 unspecified atom stereocenters. The molecule has 0 aliphatic carbocycles. The first kappa shape index (κ1) is 15.6. The van der Waals surface area contributed by atoms with Gasteiger partial charge in [0, 0.05) is 25.8 Å². The van der Waals surface area contributed by atoms with E-state index in [2.05, 4.69) is 5.32 Å². The number of anilines is 1. The average molecular weight is 281 g/mol. The normalized spacial score (nSPS) is 10.1. The molecule has 0 heterocycles. The van der Waals surface area contributed by atoms with Crippen LogP contribution in [0.5, 0.6) is 0 Å². The van der Waals surface area contributed by atoms with E-state index in [1.165, 1.54) is 19.2 Å². The second kappa shape index (κ2) is 7.25. The van der Waals surface area contributed by atoms with Gasteiger partial charge in [-0.05, 0) is 24.6 Å². The number of rotatable bonds is 7. The molecule has 20 heavy (non-hydrogen) atoms. The number of nitrogens with one attached hydrogen (secondary N) is 1. The third kappa shape index (κ3) is 4.69. The van der Waals surface area contributed by atoms with E-state index >= 15 is 0 Å². The Bertz CT molecular complexity index is 493. The zero-order chi connectivity index (χ0) is 15.1. The van der Waals surface area contributed by atoms with Gasteiger partial charge in [0.2, 0.25) is 5.91 Å². The average Bonchev–Trinajstić information content (AvgIpc) is 2.38. The lowest BCUT2D eigenvalue weighted by Crippen LogP contribution is -2.13. The Labute approximate surface area is 115 Å². The first-order chi connectivity index (χ1) is 9.43. The molecule has 0 atom stereocenters. The van der Waals surface area contributed by atoms with Gasteiger partial charge >= 0.3 is 11.9 Å². The first-order valence-corrected chi connectivity index (χ1v) is 5.84. The second-order valence-electron chi connectivity index (χ2n) is 4.05. The summed E-state index contributed by atoms with van der Waals surface area (Å²) in [4.78, 5) is 33.4.